The number of oxazole rings is 1. The van der Waals surface area contributed by atoms with Gasteiger partial charge in [0, 0.05) is 6.20 Å². The summed E-state index contributed by atoms with van der Waals surface area (Å²) in [7, 11) is 0. The van der Waals surface area contributed by atoms with Gasteiger partial charge in [-0.15, -0.1) is 5.10 Å². The topological polar surface area (TPSA) is 97.8 Å². The van der Waals surface area contributed by atoms with E-state index in [-0.39, 0.29) is 34.5 Å². The van der Waals surface area contributed by atoms with Crippen LogP contribution < -0.4 is 0 Å². The van der Waals surface area contributed by atoms with Crippen LogP contribution in [0.15, 0.2) is 47.3 Å². The van der Waals surface area contributed by atoms with E-state index in [4.69, 9.17) is 9.40 Å². The van der Waals surface area contributed by atoms with Crippen LogP contribution in [0.5, 0.6) is 0 Å². The lowest BCUT2D eigenvalue weighted by molar-refractivity contribution is -0.0910. The molecule has 3 aliphatic carbocycles. The molecule has 3 aromatic heterocycles. The molecule has 1 aromatic carbocycles. The molecule has 1 N–H and O–H groups in total. The van der Waals surface area contributed by atoms with Gasteiger partial charge in [-0.05, 0) is 62.3 Å². The quantitative estimate of drug-likeness (QED) is 0.363. The number of hydrogen-bond donors (Lipinski definition) is 1. The Hall–Kier alpha value is -3.73. The Morgan fingerprint density at radius 3 is 2.49 bits per heavy atom. The molecular formula is C26H21F4N5O2. The van der Waals surface area contributed by atoms with E-state index in [1.807, 2.05) is 0 Å². The van der Waals surface area contributed by atoms with E-state index in [0.29, 0.717) is 11.4 Å². The van der Waals surface area contributed by atoms with Crippen LogP contribution in [0, 0.1) is 11.6 Å². The van der Waals surface area contributed by atoms with E-state index in [1.165, 1.54) is 24.4 Å². The monoisotopic (exact) mass is 511 g/mol. The Morgan fingerprint density at radius 1 is 1.05 bits per heavy atom. The molecule has 7 nitrogen and oxygen atoms in total. The van der Waals surface area contributed by atoms with Crippen molar-refractivity contribution in [2.75, 3.05) is 0 Å². The highest BCUT2D eigenvalue weighted by molar-refractivity contribution is 5.62. The number of rotatable bonds is 5. The van der Waals surface area contributed by atoms with Gasteiger partial charge in [-0.25, -0.2) is 27.5 Å². The molecule has 7 rings (SSSR count). The number of halogens is 4. The summed E-state index contributed by atoms with van der Waals surface area (Å²) in [6.45, 7) is 0.956. The molecule has 0 saturated heterocycles. The van der Waals surface area contributed by atoms with E-state index in [1.54, 1.807) is 12.3 Å². The maximum absolute atomic E-state index is 14.4. The highest BCUT2D eigenvalue weighted by atomic mass is 19.3. The normalized spacial score (nSPS) is 22.2. The zero-order valence-electron chi connectivity index (χ0n) is 19.6. The fourth-order valence-electron chi connectivity index (χ4n) is 5.43. The van der Waals surface area contributed by atoms with Gasteiger partial charge in [-0.3, -0.25) is 4.98 Å². The second kappa shape index (κ2) is 8.41. The standard InChI is InChI=1S/C26H21F4N5O2/c1-25(36,24(29)30)20-12-37-23(33-20)18-10-31-11-19(32-18)26-7-5-13(6-8-26)14-9-17(34-35-22(14)26)21-15(27)3-2-4-16(21)28/h2-4,9-13,24,36H,5-8H2,1H3/t13?,25-,26?/m0/s1. The number of alkyl halides is 2. The lowest BCUT2D eigenvalue weighted by Gasteiger charge is -2.46. The minimum atomic E-state index is -3.06. The molecule has 3 heterocycles. The van der Waals surface area contributed by atoms with Crippen molar-refractivity contribution in [3.05, 3.63) is 77.2 Å². The van der Waals surface area contributed by atoms with Crippen LogP contribution in [0.1, 0.15) is 61.2 Å². The minimum absolute atomic E-state index is 0.0529. The molecule has 1 saturated carbocycles. The second-order valence-electron chi connectivity index (χ2n) is 9.76. The molecule has 1 atom stereocenters. The van der Waals surface area contributed by atoms with Gasteiger partial charge >= 0.3 is 0 Å². The number of aromatic nitrogens is 5. The van der Waals surface area contributed by atoms with Gasteiger partial charge in [0.25, 0.3) is 6.43 Å². The Balaban J connectivity index is 1.41. The van der Waals surface area contributed by atoms with E-state index in [2.05, 4.69) is 20.2 Å². The molecular weight excluding hydrogens is 490 g/mol. The lowest BCUT2D eigenvalue weighted by Crippen LogP contribution is -2.41. The molecule has 0 amide bonds. The van der Waals surface area contributed by atoms with Crippen molar-refractivity contribution in [3.63, 3.8) is 0 Å². The summed E-state index contributed by atoms with van der Waals surface area (Å²) in [5.74, 6) is -1.29. The molecule has 0 radical (unpaired) electrons. The van der Waals surface area contributed by atoms with Gasteiger partial charge in [-0.1, -0.05) is 6.07 Å². The number of benzene rings is 1. The van der Waals surface area contributed by atoms with Crippen molar-refractivity contribution < 1.29 is 27.1 Å². The Kier molecular flexibility index (Phi) is 5.37. The molecule has 4 aromatic rings. The van der Waals surface area contributed by atoms with Crippen LogP contribution in [0.25, 0.3) is 22.8 Å². The van der Waals surface area contributed by atoms with Gasteiger partial charge in [0.15, 0.2) is 5.60 Å². The average molecular weight is 511 g/mol. The molecule has 190 valence electrons. The van der Waals surface area contributed by atoms with Crippen LogP contribution in [0.4, 0.5) is 17.6 Å². The summed E-state index contributed by atoms with van der Waals surface area (Å²) in [6, 6.07) is 5.38. The van der Waals surface area contributed by atoms with E-state index >= 15 is 0 Å². The number of aliphatic hydroxyl groups is 1. The number of fused-ring (bicyclic) bond motifs is 2. The van der Waals surface area contributed by atoms with Gasteiger partial charge < -0.3 is 9.52 Å². The highest BCUT2D eigenvalue weighted by Gasteiger charge is 2.49. The average Bonchev–Trinajstić information content (AvgIpc) is 3.41. The Bertz CT molecular complexity index is 1480. The predicted octanol–water partition coefficient (Wildman–Crippen LogP) is 5.30. The number of nitrogens with zero attached hydrogens (tertiary/aromatic N) is 5. The summed E-state index contributed by atoms with van der Waals surface area (Å²) in [5.41, 5.74) is -1.12. The molecule has 1 fully saturated rings. The molecule has 0 aliphatic heterocycles. The molecule has 0 unspecified atom stereocenters. The van der Waals surface area contributed by atoms with Crippen molar-refractivity contribution >= 4 is 0 Å². The van der Waals surface area contributed by atoms with Gasteiger partial charge in [0.1, 0.15) is 29.3 Å². The first kappa shape index (κ1) is 23.7. The van der Waals surface area contributed by atoms with Crippen LogP contribution in [0.3, 0.4) is 0 Å². The highest BCUT2D eigenvalue weighted by Crippen LogP contribution is 2.55. The minimum Gasteiger partial charge on any atom is -0.443 e. The summed E-state index contributed by atoms with van der Waals surface area (Å²) in [6.07, 6.45) is 4.03. The Labute approximate surface area is 208 Å². The molecule has 37 heavy (non-hydrogen) atoms. The van der Waals surface area contributed by atoms with Crippen LogP contribution in [0.2, 0.25) is 0 Å². The van der Waals surface area contributed by atoms with Gasteiger partial charge in [0.05, 0.1) is 34.3 Å². The summed E-state index contributed by atoms with van der Waals surface area (Å²) < 4.78 is 60.7. The van der Waals surface area contributed by atoms with Crippen LogP contribution in [-0.2, 0) is 11.0 Å². The SMILES string of the molecule is C[C@](O)(c1coc(-c2cncc(C34CCC(CC3)c3cc(-c5c(F)cccc5F)nnc34)n2)n1)C(F)F. The molecule has 3 aliphatic rings. The van der Waals surface area contributed by atoms with Crippen molar-refractivity contribution in [3.8, 4) is 22.8 Å². The van der Waals surface area contributed by atoms with E-state index in [9.17, 15) is 22.7 Å². The smallest absolute Gasteiger partial charge is 0.272 e. The van der Waals surface area contributed by atoms with Crippen LogP contribution in [-0.4, -0.2) is 36.7 Å². The maximum Gasteiger partial charge on any atom is 0.272 e. The number of hydrogen-bond acceptors (Lipinski definition) is 7. The zero-order valence-corrected chi connectivity index (χ0v) is 19.6. The van der Waals surface area contributed by atoms with E-state index < -0.39 is 29.1 Å². The molecule has 2 bridgehead atoms. The fraction of sp³-hybridized carbons (Fsp3) is 0.346. The third-order valence-corrected chi connectivity index (χ3v) is 7.57. The summed E-state index contributed by atoms with van der Waals surface area (Å²) >= 11 is 0. The van der Waals surface area contributed by atoms with Crippen molar-refractivity contribution in [2.24, 2.45) is 0 Å². The van der Waals surface area contributed by atoms with Crippen molar-refractivity contribution in [1.29, 1.82) is 0 Å². The summed E-state index contributed by atoms with van der Waals surface area (Å²) in [4.78, 5) is 13.0. The van der Waals surface area contributed by atoms with Crippen molar-refractivity contribution in [2.45, 2.75) is 56.0 Å². The van der Waals surface area contributed by atoms with Crippen molar-refractivity contribution in [1.82, 2.24) is 25.1 Å². The lowest BCUT2D eigenvalue weighted by atomic mass is 9.58. The zero-order chi connectivity index (χ0) is 25.9. The predicted molar refractivity (Wildman–Crippen MR) is 122 cm³/mol. The third kappa shape index (κ3) is 3.63. The first-order valence-electron chi connectivity index (χ1n) is 11.8. The Morgan fingerprint density at radius 2 is 1.78 bits per heavy atom. The van der Waals surface area contributed by atoms with Gasteiger partial charge in [-0.2, -0.15) is 5.10 Å². The van der Waals surface area contributed by atoms with Crippen LogP contribution >= 0.6 is 0 Å². The van der Waals surface area contributed by atoms with Gasteiger partial charge in [0.2, 0.25) is 5.89 Å². The third-order valence-electron chi connectivity index (χ3n) is 7.57. The largest absolute Gasteiger partial charge is 0.443 e. The maximum atomic E-state index is 14.4. The summed E-state index contributed by atoms with van der Waals surface area (Å²) in [5, 5.41) is 18.7. The second-order valence-corrected chi connectivity index (χ2v) is 9.76. The van der Waals surface area contributed by atoms with E-state index in [0.717, 1.165) is 44.4 Å². The molecule has 0 spiro atoms. The first-order chi connectivity index (χ1) is 17.7. The first-order valence-corrected chi connectivity index (χ1v) is 11.8. The molecule has 11 heteroatoms. The fourth-order valence-corrected chi connectivity index (χ4v) is 5.43.